The van der Waals surface area contributed by atoms with Crippen molar-refractivity contribution in [2.75, 3.05) is 12.4 Å². The minimum atomic E-state index is -1.45. The number of hydrogen-bond donors (Lipinski definition) is 3. The molecule has 0 saturated carbocycles. The maximum absolute atomic E-state index is 14.1. The van der Waals surface area contributed by atoms with Gasteiger partial charge in [-0.3, -0.25) is 14.4 Å². The topological polar surface area (TPSA) is 122 Å². The van der Waals surface area contributed by atoms with Gasteiger partial charge in [-0.2, -0.15) is 0 Å². The molecule has 0 fully saturated rings. The number of carbonyl (C=O) groups is 3. The van der Waals surface area contributed by atoms with E-state index in [0.29, 0.717) is 28.1 Å². The van der Waals surface area contributed by atoms with Gasteiger partial charge in [-0.1, -0.05) is 6.07 Å². The van der Waals surface area contributed by atoms with Crippen LogP contribution in [0.1, 0.15) is 34.3 Å². The summed E-state index contributed by atoms with van der Waals surface area (Å²) in [6, 6.07) is 9.50. The second-order valence-electron chi connectivity index (χ2n) is 7.57. The lowest BCUT2D eigenvalue weighted by Gasteiger charge is -2.36. The molecule has 4 N–H and O–H groups in total. The van der Waals surface area contributed by atoms with Crippen LogP contribution in [0.5, 0.6) is 5.75 Å². The Morgan fingerprint density at radius 1 is 1.35 bits per heavy atom. The summed E-state index contributed by atoms with van der Waals surface area (Å²) in [4.78, 5) is 37.5. The van der Waals surface area contributed by atoms with Crippen LogP contribution < -0.4 is 15.8 Å². The van der Waals surface area contributed by atoms with Gasteiger partial charge in [0.2, 0.25) is 5.91 Å². The summed E-state index contributed by atoms with van der Waals surface area (Å²) < 4.78 is 19.3. The predicted molar refractivity (Wildman–Crippen MR) is 114 cm³/mol. The van der Waals surface area contributed by atoms with Gasteiger partial charge >= 0.3 is 5.97 Å². The summed E-state index contributed by atoms with van der Waals surface area (Å²) in [6.45, 7) is 0.233. The third-order valence-corrected chi connectivity index (χ3v) is 5.64. The molecule has 162 valence electrons. The van der Waals surface area contributed by atoms with Crippen LogP contribution in [0.4, 0.5) is 10.1 Å². The Balaban J connectivity index is 1.86. The third kappa shape index (κ3) is 4.33. The molecule has 0 aliphatic carbocycles. The number of hydrogen-bond acceptors (Lipinski definition) is 5. The molecule has 1 aliphatic heterocycles. The number of primary amides is 1. The Morgan fingerprint density at radius 3 is 2.74 bits per heavy atom. The molecule has 2 aromatic carbocycles. The molecule has 2 aromatic rings. The zero-order chi connectivity index (χ0) is 22.8. The number of anilines is 1. The first kappa shape index (κ1) is 22.1. The number of nitrogens with zero attached hydrogens (tertiary/aromatic N) is 1. The average Bonchev–Trinajstić information content (AvgIpc) is 3.09. The smallest absolute Gasteiger partial charge is 0.303 e. The van der Waals surface area contributed by atoms with Crippen LogP contribution in [0.15, 0.2) is 36.4 Å². The van der Waals surface area contributed by atoms with E-state index >= 15 is 0 Å². The van der Waals surface area contributed by atoms with Gasteiger partial charge in [0, 0.05) is 41.9 Å². The van der Waals surface area contributed by atoms with Crippen molar-refractivity contribution in [2.45, 2.75) is 31.4 Å². The van der Waals surface area contributed by atoms with E-state index in [9.17, 15) is 18.8 Å². The number of halogens is 1. The van der Waals surface area contributed by atoms with E-state index in [0.717, 1.165) is 0 Å². The Morgan fingerprint density at radius 2 is 2.10 bits per heavy atom. The van der Waals surface area contributed by atoms with Crippen LogP contribution in [0.3, 0.4) is 0 Å². The van der Waals surface area contributed by atoms with Crippen LogP contribution in [0.2, 0.25) is 0 Å². The van der Waals surface area contributed by atoms with Gasteiger partial charge in [0.15, 0.2) is 0 Å². The number of rotatable bonds is 9. The Hall–Kier alpha value is -3.56. The molecule has 1 atom stereocenters. The quantitative estimate of drug-likeness (QED) is 0.515. The van der Waals surface area contributed by atoms with Gasteiger partial charge in [-0.05, 0) is 36.8 Å². The van der Waals surface area contributed by atoms with Gasteiger partial charge in [0.25, 0.3) is 5.91 Å². The van der Waals surface area contributed by atoms with Crippen molar-refractivity contribution in [3.05, 3.63) is 58.9 Å². The Kier molecular flexibility index (Phi) is 6.19. The van der Waals surface area contributed by atoms with E-state index in [4.69, 9.17) is 15.6 Å². The average molecular weight is 427 g/mol. The molecule has 2 amide bonds. The second kappa shape index (κ2) is 8.67. The van der Waals surface area contributed by atoms with E-state index < -0.39 is 29.0 Å². The summed E-state index contributed by atoms with van der Waals surface area (Å²) in [5.74, 6) is -2.14. The number of aliphatic carboxylic acids is 1. The maximum atomic E-state index is 14.1. The molecule has 1 heterocycles. The number of fused-ring (bicyclic) bond motifs is 1. The summed E-state index contributed by atoms with van der Waals surface area (Å²) in [5.41, 5.74) is 6.13. The molecule has 0 aromatic heterocycles. The molecule has 0 spiro atoms. The SMILES string of the molecule is BC(CCC(=O)O)(C(N)=O)N1Cc2c(NCc3cc(OC)ccc3F)cccc2C1=O. The fourth-order valence-corrected chi connectivity index (χ4v) is 3.64. The lowest BCUT2D eigenvalue weighted by atomic mass is 9.72. The minimum Gasteiger partial charge on any atom is -0.497 e. The lowest BCUT2D eigenvalue weighted by molar-refractivity contribution is -0.137. The second-order valence-corrected chi connectivity index (χ2v) is 7.57. The zero-order valence-corrected chi connectivity index (χ0v) is 17.3. The number of carboxylic acids is 1. The standard InChI is InChI=1S/C21H23BFN3O5/c1-31-13-5-6-16(23)12(9-13)10-25-17-4-2-3-14-15(17)11-26(19(14)29)21(22,20(24)30)8-7-18(27)28/h2-6,9,25H,7-8,10-11,22H2,1H3,(H2,24,30)(H,27,28). The minimum absolute atomic E-state index is 0.0803. The molecule has 0 radical (unpaired) electrons. The fraction of sp³-hybridized carbons (Fsp3) is 0.286. The first-order valence-electron chi connectivity index (χ1n) is 9.69. The van der Waals surface area contributed by atoms with Crippen molar-refractivity contribution in [3.8, 4) is 5.75 Å². The number of ether oxygens (including phenoxy) is 1. The van der Waals surface area contributed by atoms with Gasteiger partial charge < -0.3 is 25.8 Å². The third-order valence-electron chi connectivity index (χ3n) is 5.64. The molecule has 31 heavy (non-hydrogen) atoms. The highest BCUT2D eigenvalue weighted by Gasteiger charge is 2.45. The molecule has 3 rings (SSSR count). The highest BCUT2D eigenvalue weighted by molar-refractivity contribution is 6.30. The Labute approximate surface area is 179 Å². The van der Waals surface area contributed by atoms with Crippen LogP contribution in [0, 0.1) is 5.82 Å². The normalized spacial score (nSPS) is 14.6. The van der Waals surface area contributed by atoms with Crippen molar-refractivity contribution in [2.24, 2.45) is 5.73 Å². The monoisotopic (exact) mass is 427 g/mol. The van der Waals surface area contributed by atoms with Gasteiger partial charge in [-0.25, -0.2) is 4.39 Å². The highest BCUT2D eigenvalue weighted by atomic mass is 19.1. The molecule has 10 heteroatoms. The van der Waals surface area contributed by atoms with Crippen molar-refractivity contribution in [3.63, 3.8) is 0 Å². The fourth-order valence-electron chi connectivity index (χ4n) is 3.64. The first-order valence-corrected chi connectivity index (χ1v) is 9.69. The number of nitrogens with one attached hydrogen (secondary N) is 1. The molecule has 1 unspecified atom stereocenters. The number of benzene rings is 2. The number of amides is 2. The van der Waals surface area contributed by atoms with Crippen molar-refractivity contribution < 1.29 is 28.6 Å². The predicted octanol–water partition coefficient (Wildman–Crippen LogP) is 1.08. The number of carboxylic acid groups (broad SMARTS) is 1. The van der Waals surface area contributed by atoms with Crippen LogP contribution in [-0.4, -0.2) is 48.2 Å². The van der Waals surface area contributed by atoms with E-state index in [2.05, 4.69) is 5.32 Å². The lowest BCUT2D eigenvalue weighted by Crippen LogP contribution is -2.58. The van der Waals surface area contributed by atoms with E-state index in [1.54, 1.807) is 24.3 Å². The van der Waals surface area contributed by atoms with Gasteiger partial charge in [-0.15, -0.1) is 0 Å². The first-order chi connectivity index (χ1) is 14.7. The maximum Gasteiger partial charge on any atom is 0.303 e. The molecule has 1 aliphatic rings. The Bertz CT molecular complexity index is 1050. The molecular formula is C21H23BFN3O5. The van der Waals surface area contributed by atoms with Crippen LogP contribution in [0.25, 0.3) is 0 Å². The molecule has 0 saturated heterocycles. The largest absolute Gasteiger partial charge is 0.497 e. The molecule has 0 bridgehead atoms. The van der Waals surface area contributed by atoms with E-state index in [-0.39, 0.29) is 25.9 Å². The van der Waals surface area contributed by atoms with E-state index in [1.165, 1.54) is 32.0 Å². The van der Waals surface area contributed by atoms with Crippen LogP contribution in [-0.2, 0) is 22.7 Å². The number of nitrogens with two attached hydrogens (primary N) is 1. The molecule has 8 nitrogen and oxygen atoms in total. The summed E-state index contributed by atoms with van der Waals surface area (Å²) in [6.07, 6.45) is -0.408. The number of methoxy groups -OCH3 is 1. The summed E-state index contributed by atoms with van der Waals surface area (Å²) in [5, 5.41) is 12.2. The van der Waals surface area contributed by atoms with Crippen molar-refractivity contribution in [1.29, 1.82) is 0 Å². The summed E-state index contributed by atoms with van der Waals surface area (Å²) in [7, 11) is 2.97. The zero-order valence-electron chi connectivity index (χ0n) is 17.3. The molecular weight excluding hydrogens is 404 g/mol. The van der Waals surface area contributed by atoms with E-state index in [1.807, 2.05) is 0 Å². The van der Waals surface area contributed by atoms with Crippen molar-refractivity contribution >= 4 is 31.3 Å². The van der Waals surface area contributed by atoms with Crippen LogP contribution >= 0.6 is 0 Å². The van der Waals surface area contributed by atoms with Crippen molar-refractivity contribution in [1.82, 2.24) is 4.90 Å². The highest BCUT2D eigenvalue weighted by Crippen LogP contribution is 2.35. The number of carbonyl (C=O) groups excluding carboxylic acids is 2. The van der Waals surface area contributed by atoms with Gasteiger partial charge in [0.1, 0.15) is 19.4 Å². The van der Waals surface area contributed by atoms with Gasteiger partial charge in [0.05, 0.1) is 12.5 Å². The summed E-state index contributed by atoms with van der Waals surface area (Å²) >= 11 is 0.